The van der Waals surface area contributed by atoms with Crippen LogP contribution in [-0.2, 0) is 16.8 Å². The quantitative estimate of drug-likeness (QED) is 0.730. The zero-order valence-electron chi connectivity index (χ0n) is 15.8. The van der Waals surface area contributed by atoms with Crippen molar-refractivity contribution in [1.29, 1.82) is 0 Å². The molecular formula is C19H24Cl2N4O2S. The number of benzene rings is 1. The highest BCUT2D eigenvalue weighted by atomic mass is 35.5. The lowest BCUT2D eigenvalue weighted by Gasteiger charge is -2.40. The maximum atomic E-state index is 13.5. The Labute approximate surface area is 175 Å². The maximum Gasteiger partial charge on any atom is 0.304 e. The molecule has 0 radical (unpaired) electrons. The molecule has 0 unspecified atom stereocenters. The summed E-state index contributed by atoms with van der Waals surface area (Å²) in [5.74, 6) is 0.359. The third-order valence-electron chi connectivity index (χ3n) is 5.71. The largest absolute Gasteiger partial charge is 0.358 e. The van der Waals surface area contributed by atoms with E-state index in [1.165, 1.54) is 4.31 Å². The smallest absolute Gasteiger partial charge is 0.304 e. The van der Waals surface area contributed by atoms with Gasteiger partial charge in [0.2, 0.25) is 0 Å². The summed E-state index contributed by atoms with van der Waals surface area (Å²) in [6, 6.07) is 1.84. The van der Waals surface area contributed by atoms with E-state index < -0.39 is 10.2 Å². The molecule has 3 heterocycles. The van der Waals surface area contributed by atoms with E-state index in [1.807, 2.05) is 6.07 Å². The summed E-state index contributed by atoms with van der Waals surface area (Å²) in [7, 11) is -1.57. The highest BCUT2D eigenvalue weighted by Crippen LogP contribution is 2.43. The van der Waals surface area contributed by atoms with Crippen LogP contribution < -0.4 is 4.31 Å². The Bertz CT molecular complexity index is 1010. The summed E-state index contributed by atoms with van der Waals surface area (Å²) < 4.78 is 29.9. The number of likely N-dealkylation sites (tertiary alicyclic amines) is 1. The molecule has 152 valence electrons. The molecule has 28 heavy (non-hydrogen) atoms. The van der Waals surface area contributed by atoms with Crippen molar-refractivity contribution in [2.45, 2.75) is 19.4 Å². The zero-order chi connectivity index (χ0) is 20.1. The first kappa shape index (κ1) is 20.0. The molecule has 6 nitrogen and oxygen atoms in total. The van der Waals surface area contributed by atoms with Gasteiger partial charge < -0.3 is 9.88 Å². The van der Waals surface area contributed by atoms with E-state index in [1.54, 1.807) is 16.6 Å². The molecule has 9 heteroatoms. The van der Waals surface area contributed by atoms with Gasteiger partial charge in [-0.2, -0.15) is 12.7 Å². The van der Waals surface area contributed by atoms with E-state index >= 15 is 0 Å². The highest BCUT2D eigenvalue weighted by molar-refractivity contribution is 7.90. The Kier molecular flexibility index (Phi) is 5.39. The second kappa shape index (κ2) is 7.54. The van der Waals surface area contributed by atoms with Crippen LogP contribution in [0.15, 0.2) is 24.9 Å². The van der Waals surface area contributed by atoms with Crippen LogP contribution >= 0.6 is 23.2 Å². The van der Waals surface area contributed by atoms with E-state index in [9.17, 15) is 8.42 Å². The van der Waals surface area contributed by atoms with E-state index in [0.29, 0.717) is 45.6 Å². The molecule has 0 amide bonds. The SMILES string of the molecule is C=CCN1c2c(cc(Cl)c3c(Cl)c[nH]c23)CN(CC2CCN(C)CC2)S1(=O)=O. The molecular weight excluding hydrogens is 419 g/mol. The Hall–Kier alpha value is -1.25. The van der Waals surface area contributed by atoms with Gasteiger partial charge in [0, 0.05) is 24.7 Å². The number of nitrogens with one attached hydrogen (secondary N) is 1. The minimum atomic E-state index is -3.67. The molecule has 4 rings (SSSR count). The highest BCUT2D eigenvalue weighted by Gasteiger charge is 2.39. The fourth-order valence-corrected chi connectivity index (χ4v) is 6.54. The topological polar surface area (TPSA) is 59.7 Å². The number of aromatic amines is 1. The summed E-state index contributed by atoms with van der Waals surface area (Å²) in [5.41, 5.74) is 2.14. The second-order valence-corrected chi connectivity index (χ2v) is 10.3. The number of fused-ring (bicyclic) bond motifs is 3. The normalized spacial score (nSPS) is 21.2. The average molecular weight is 443 g/mol. The van der Waals surface area contributed by atoms with Crippen molar-refractivity contribution >= 4 is 50.0 Å². The van der Waals surface area contributed by atoms with Crippen LogP contribution in [0.2, 0.25) is 10.0 Å². The standard InChI is InChI=1S/C19H24Cl2N4O2S/c1-3-6-25-19-14(9-15(20)17-16(21)10-22-18(17)19)12-24(28(25,26)27)11-13-4-7-23(2)8-5-13/h3,9-10,13,22H,1,4-8,11-12H2,2H3. The van der Waals surface area contributed by atoms with Crippen LogP contribution in [0.5, 0.6) is 0 Å². The first-order chi connectivity index (χ1) is 13.3. The maximum absolute atomic E-state index is 13.5. The van der Waals surface area contributed by atoms with Gasteiger partial charge in [-0.05, 0) is 50.5 Å². The average Bonchev–Trinajstić information content (AvgIpc) is 3.03. The minimum absolute atomic E-state index is 0.187. The summed E-state index contributed by atoms with van der Waals surface area (Å²) in [6.07, 6.45) is 5.25. The number of H-pyrrole nitrogens is 1. The number of nitrogens with zero attached hydrogens (tertiary/aromatic N) is 3. The number of rotatable bonds is 4. The van der Waals surface area contributed by atoms with Crippen LogP contribution in [0, 0.1) is 5.92 Å². The van der Waals surface area contributed by atoms with Gasteiger partial charge in [0.05, 0.1) is 27.8 Å². The van der Waals surface area contributed by atoms with Crippen molar-refractivity contribution < 1.29 is 8.42 Å². The molecule has 0 aliphatic carbocycles. The molecule has 0 atom stereocenters. The predicted molar refractivity (Wildman–Crippen MR) is 115 cm³/mol. The number of anilines is 1. The van der Waals surface area contributed by atoms with Gasteiger partial charge >= 0.3 is 10.2 Å². The second-order valence-electron chi connectivity index (χ2n) is 7.62. The van der Waals surface area contributed by atoms with Crippen molar-refractivity contribution in [2.75, 3.05) is 37.5 Å². The van der Waals surface area contributed by atoms with Crippen molar-refractivity contribution in [3.63, 3.8) is 0 Å². The molecule has 2 aromatic rings. The fourth-order valence-electron chi connectivity index (χ4n) is 4.20. The van der Waals surface area contributed by atoms with Crippen molar-refractivity contribution in [3.05, 3.63) is 40.5 Å². The van der Waals surface area contributed by atoms with Gasteiger partial charge in [-0.1, -0.05) is 29.3 Å². The van der Waals surface area contributed by atoms with E-state index in [2.05, 4.69) is 23.5 Å². The molecule has 0 spiro atoms. The van der Waals surface area contributed by atoms with Gasteiger partial charge in [0.15, 0.2) is 0 Å². The monoisotopic (exact) mass is 442 g/mol. The lowest BCUT2D eigenvalue weighted by atomic mass is 9.97. The lowest BCUT2D eigenvalue weighted by Crippen LogP contribution is -2.50. The van der Waals surface area contributed by atoms with E-state index in [0.717, 1.165) is 31.5 Å². The Morgan fingerprint density at radius 3 is 2.68 bits per heavy atom. The first-order valence-corrected chi connectivity index (χ1v) is 11.5. The van der Waals surface area contributed by atoms with Gasteiger partial charge in [0.25, 0.3) is 0 Å². The van der Waals surface area contributed by atoms with Crippen LogP contribution in [0.25, 0.3) is 10.9 Å². The van der Waals surface area contributed by atoms with Crippen LogP contribution in [0.1, 0.15) is 18.4 Å². The van der Waals surface area contributed by atoms with E-state index in [-0.39, 0.29) is 6.54 Å². The zero-order valence-corrected chi connectivity index (χ0v) is 18.1. The lowest BCUT2D eigenvalue weighted by molar-refractivity contribution is 0.193. The molecule has 1 saturated heterocycles. The van der Waals surface area contributed by atoms with E-state index in [4.69, 9.17) is 23.2 Å². The Balaban J connectivity index is 1.77. The van der Waals surface area contributed by atoms with Crippen molar-refractivity contribution in [2.24, 2.45) is 5.92 Å². The molecule has 2 aliphatic heterocycles. The summed E-state index contributed by atoms with van der Waals surface area (Å²) >= 11 is 12.7. The summed E-state index contributed by atoms with van der Waals surface area (Å²) in [6.45, 7) is 6.77. The number of hydrogen-bond donors (Lipinski definition) is 1. The number of halogens is 2. The van der Waals surface area contributed by atoms with Crippen LogP contribution in [0.4, 0.5) is 5.69 Å². The summed E-state index contributed by atoms with van der Waals surface area (Å²) in [4.78, 5) is 5.39. The Morgan fingerprint density at radius 1 is 1.29 bits per heavy atom. The molecule has 1 aromatic heterocycles. The number of hydrogen-bond acceptors (Lipinski definition) is 3. The number of aromatic nitrogens is 1. The molecule has 0 saturated carbocycles. The minimum Gasteiger partial charge on any atom is -0.358 e. The third-order valence-corrected chi connectivity index (χ3v) is 8.12. The predicted octanol–water partition coefficient (Wildman–Crippen LogP) is 3.87. The fraction of sp³-hybridized carbons (Fsp3) is 0.474. The third kappa shape index (κ3) is 3.33. The van der Waals surface area contributed by atoms with Crippen LogP contribution in [0.3, 0.4) is 0 Å². The molecule has 1 aromatic carbocycles. The number of piperidine rings is 1. The van der Waals surface area contributed by atoms with Crippen molar-refractivity contribution in [1.82, 2.24) is 14.2 Å². The van der Waals surface area contributed by atoms with Gasteiger partial charge in [-0.3, -0.25) is 4.31 Å². The van der Waals surface area contributed by atoms with Gasteiger partial charge in [0.1, 0.15) is 0 Å². The van der Waals surface area contributed by atoms with Crippen molar-refractivity contribution in [3.8, 4) is 0 Å². The summed E-state index contributed by atoms with van der Waals surface area (Å²) in [5, 5.41) is 1.65. The first-order valence-electron chi connectivity index (χ1n) is 9.38. The molecule has 0 bridgehead atoms. The molecule has 2 aliphatic rings. The molecule has 1 fully saturated rings. The van der Waals surface area contributed by atoms with Crippen LogP contribution in [-0.4, -0.2) is 55.8 Å². The Morgan fingerprint density at radius 2 is 2.00 bits per heavy atom. The van der Waals surface area contributed by atoms with Gasteiger partial charge in [-0.15, -0.1) is 6.58 Å². The molecule has 1 N–H and O–H groups in total. The van der Waals surface area contributed by atoms with Gasteiger partial charge in [-0.25, -0.2) is 0 Å².